The molecular weight excluding hydrogens is 376 g/mol. The summed E-state index contributed by atoms with van der Waals surface area (Å²) < 4.78 is 10.1. The second kappa shape index (κ2) is 10.3. The molecule has 0 aliphatic carbocycles. The average Bonchev–Trinajstić information content (AvgIpc) is 2.71. The molecular formula is C21H18N2O6. The van der Waals surface area contributed by atoms with Gasteiger partial charge in [-0.2, -0.15) is 5.26 Å². The van der Waals surface area contributed by atoms with E-state index in [2.05, 4.69) is 5.32 Å². The molecule has 0 aliphatic rings. The van der Waals surface area contributed by atoms with Crippen LogP contribution in [0.4, 0.5) is 5.69 Å². The molecule has 0 radical (unpaired) electrons. The monoisotopic (exact) mass is 394 g/mol. The maximum Gasteiger partial charge on any atom is 0.341 e. The Kier molecular flexibility index (Phi) is 7.51. The Morgan fingerprint density at radius 3 is 2.45 bits per heavy atom. The van der Waals surface area contributed by atoms with E-state index < -0.39 is 24.5 Å². The maximum absolute atomic E-state index is 12.4. The molecule has 2 aromatic carbocycles. The number of aliphatic carboxylic acids is 1. The highest BCUT2D eigenvalue weighted by Gasteiger charge is 2.13. The van der Waals surface area contributed by atoms with Crippen LogP contribution in [0.5, 0.6) is 5.75 Å². The SMILES string of the molecule is CCOC(=O)c1ccc(NC(=O)/C(C#N)=C/c2ccccc2OCC(=O)O)cc1. The second-order valence-corrected chi connectivity index (χ2v) is 5.64. The Bertz CT molecular complexity index is 973. The molecule has 2 N–H and O–H groups in total. The highest BCUT2D eigenvalue weighted by Crippen LogP contribution is 2.21. The molecule has 2 aromatic rings. The average molecular weight is 394 g/mol. The molecule has 0 spiro atoms. The second-order valence-electron chi connectivity index (χ2n) is 5.64. The number of amides is 1. The fourth-order valence-corrected chi connectivity index (χ4v) is 2.28. The van der Waals surface area contributed by atoms with Crippen molar-refractivity contribution in [2.75, 3.05) is 18.5 Å². The summed E-state index contributed by atoms with van der Waals surface area (Å²) >= 11 is 0. The van der Waals surface area contributed by atoms with E-state index in [0.29, 0.717) is 16.8 Å². The molecule has 148 valence electrons. The lowest BCUT2D eigenvalue weighted by atomic mass is 10.1. The van der Waals surface area contributed by atoms with Gasteiger partial charge in [-0.3, -0.25) is 4.79 Å². The third kappa shape index (κ3) is 6.22. The minimum atomic E-state index is -1.15. The first-order valence-electron chi connectivity index (χ1n) is 8.58. The molecule has 0 saturated carbocycles. The molecule has 0 aromatic heterocycles. The van der Waals surface area contributed by atoms with Crippen molar-refractivity contribution < 1.29 is 29.0 Å². The third-order valence-electron chi connectivity index (χ3n) is 3.59. The normalized spacial score (nSPS) is 10.6. The van der Waals surface area contributed by atoms with E-state index in [0.717, 1.165) is 0 Å². The summed E-state index contributed by atoms with van der Waals surface area (Å²) in [4.78, 5) is 34.8. The molecule has 0 aliphatic heterocycles. The fourth-order valence-electron chi connectivity index (χ4n) is 2.28. The van der Waals surface area contributed by atoms with Crippen molar-refractivity contribution in [1.82, 2.24) is 0 Å². The number of carbonyl (C=O) groups excluding carboxylic acids is 2. The Morgan fingerprint density at radius 1 is 1.14 bits per heavy atom. The van der Waals surface area contributed by atoms with Crippen LogP contribution in [0.3, 0.4) is 0 Å². The zero-order valence-corrected chi connectivity index (χ0v) is 15.5. The first-order chi connectivity index (χ1) is 13.9. The number of carboxylic acids is 1. The van der Waals surface area contributed by atoms with E-state index in [9.17, 15) is 19.6 Å². The lowest BCUT2D eigenvalue weighted by molar-refractivity contribution is -0.139. The van der Waals surface area contributed by atoms with Gasteiger partial charge in [0, 0.05) is 11.3 Å². The number of nitrogens with one attached hydrogen (secondary N) is 1. The van der Waals surface area contributed by atoms with Crippen LogP contribution < -0.4 is 10.1 Å². The van der Waals surface area contributed by atoms with Crippen LogP contribution in [0, 0.1) is 11.3 Å². The Morgan fingerprint density at radius 2 is 1.83 bits per heavy atom. The number of anilines is 1. The van der Waals surface area contributed by atoms with Gasteiger partial charge >= 0.3 is 11.9 Å². The molecule has 2 rings (SSSR count). The van der Waals surface area contributed by atoms with Crippen LogP contribution in [0.1, 0.15) is 22.8 Å². The standard InChI is InChI=1S/C21H18N2O6/c1-2-28-21(27)14-7-9-17(10-8-14)23-20(26)16(12-22)11-15-5-3-4-6-18(15)29-13-19(24)25/h3-11H,2,13H2,1H3,(H,23,26)(H,24,25)/b16-11+. The van der Waals surface area contributed by atoms with Gasteiger partial charge in [0.1, 0.15) is 17.4 Å². The highest BCUT2D eigenvalue weighted by molar-refractivity contribution is 6.10. The van der Waals surface area contributed by atoms with Crippen LogP contribution in [0.15, 0.2) is 54.1 Å². The Hall–Kier alpha value is -4.12. The quantitative estimate of drug-likeness (QED) is 0.400. The van der Waals surface area contributed by atoms with Crippen molar-refractivity contribution >= 4 is 29.6 Å². The van der Waals surface area contributed by atoms with Crippen molar-refractivity contribution in [2.24, 2.45) is 0 Å². The van der Waals surface area contributed by atoms with E-state index in [-0.39, 0.29) is 17.9 Å². The summed E-state index contributed by atoms with van der Waals surface area (Å²) in [6.07, 6.45) is 1.31. The Balaban J connectivity index is 2.16. The summed E-state index contributed by atoms with van der Waals surface area (Å²) in [5, 5.41) is 20.7. The summed E-state index contributed by atoms with van der Waals surface area (Å²) in [5.74, 6) is -2.05. The van der Waals surface area contributed by atoms with Crippen molar-refractivity contribution in [3.8, 4) is 11.8 Å². The predicted molar refractivity (Wildman–Crippen MR) is 104 cm³/mol. The summed E-state index contributed by atoms with van der Waals surface area (Å²) in [7, 11) is 0. The minimum Gasteiger partial charge on any atom is -0.481 e. The van der Waals surface area contributed by atoms with Crippen LogP contribution in [-0.4, -0.2) is 36.2 Å². The molecule has 0 atom stereocenters. The zero-order chi connectivity index (χ0) is 21.2. The first-order valence-corrected chi connectivity index (χ1v) is 8.58. The number of carbonyl (C=O) groups is 3. The number of hydrogen-bond acceptors (Lipinski definition) is 6. The molecule has 8 nitrogen and oxygen atoms in total. The van der Waals surface area contributed by atoms with Crippen molar-refractivity contribution in [3.05, 3.63) is 65.2 Å². The van der Waals surface area contributed by atoms with Gasteiger partial charge in [-0.25, -0.2) is 9.59 Å². The van der Waals surface area contributed by atoms with Gasteiger partial charge in [-0.1, -0.05) is 18.2 Å². The third-order valence-corrected chi connectivity index (χ3v) is 3.59. The van der Waals surface area contributed by atoms with Crippen molar-refractivity contribution in [1.29, 1.82) is 5.26 Å². The van der Waals surface area contributed by atoms with E-state index in [1.165, 1.54) is 36.4 Å². The van der Waals surface area contributed by atoms with Gasteiger partial charge in [-0.15, -0.1) is 0 Å². The number of nitriles is 1. The number of para-hydroxylation sites is 1. The molecule has 1 amide bonds. The molecule has 0 heterocycles. The maximum atomic E-state index is 12.4. The summed E-state index contributed by atoms with van der Waals surface area (Å²) in [6.45, 7) is 1.41. The van der Waals surface area contributed by atoms with Crippen LogP contribution in [0.25, 0.3) is 6.08 Å². The van der Waals surface area contributed by atoms with Crippen LogP contribution in [0.2, 0.25) is 0 Å². The fraction of sp³-hybridized carbons (Fsp3) is 0.143. The number of ether oxygens (including phenoxy) is 2. The van der Waals surface area contributed by atoms with E-state index in [1.54, 1.807) is 25.1 Å². The van der Waals surface area contributed by atoms with Gasteiger partial charge in [0.15, 0.2) is 6.61 Å². The smallest absolute Gasteiger partial charge is 0.341 e. The van der Waals surface area contributed by atoms with Gasteiger partial charge in [0.25, 0.3) is 5.91 Å². The number of nitrogens with zero attached hydrogens (tertiary/aromatic N) is 1. The van der Waals surface area contributed by atoms with Gasteiger partial charge < -0.3 is 19.9 Å². The molecule has 0 fully saturated rings. The molecule has 8 heteroatoms. The Labute approximate surface area is 167 Å². The van der Waals surface area contributed by atoms with Gasteiger partial charge in [0.2, 0.25) is 0 Å². The van der Waals surface area contributed by atoms with Gasteiger partial charge in [0.05, 0.1) is 12.2 Å². The minimum absolute atomic E-state index is 0.203. The number of benzene rings is 2. The molecule has 29 heavy (non-hydrogen) atoms. The number of rotatable bonds is 8. The molecule has 0 bridgehead atoms. The lowest BCUT2D eigenvalue weighted by Crippen LogP contribution is -2.14. The van der Waals surface area contributed by atoms with Crippen molar-refractivity contribution in [3.63, 3.8) is 0 Å². The number of carboxylic acid groups (broad SMARTS) is 1. The summed E-state index contributed by atoms with van der Waals surface area (Å²) in [5.41, 5.74) is 0.911. The summed E-state index contributed by atoms with van der Waals surface area (Å²) in [6, 6.07) is 14.3. The highest BCUT2D eigenvalue weighted by atomic mass is 16.5. The lowest BCUT2D eigenvalue weighted by Gasteiger charge is -2.08. The van der Waals surface area contributed by atoms with Crippen LogP contribution >= 0.6 is 0 Å². The molecule has 0 unspecified atom stereocenters. The molecule has 0 saturated heterocycles. The van der Waals surface area contributed by atoms with Crippen molar-refractivity contribution in [2.45, 2.75) is 6.92 Å². The zero-order valence-electron chi connectivity index (χ0n) is 15.5. The van der Waals surface area contributed by atoms with Crippen LogP contribution in [-0.2, 0) is 14.3 Å². The number of esters is 1. The predicted octanol–water partition coefficient (Wildman–Crippen LogP) is 2.87. The van der Waals surface area contributed by atoms with E-state index in [1.807, 2.05) is 6.07 Å². The topological polar surface area (TPSA) is 126 Å². The first kappa shape index (κ1) is 21.2. The van der Waals surface area contributed by atoms with E-state index in [4.69, 9.17) is 14.6 Å². The number of hydrogen-bond donors (Lipinski definition) is 2. The largest absolute Gasteiger partial charge is 0.481 e. The van der Waals surface area contributed by atoms with E-state index >= 15 is 0 Å². The van der Waals surface area contributed by atoms with Gasteiger partial charge in [-0.05, 0) is 43.3 Å².